The van der Waals surface area contributed by atoms with Crippen molar-refractivity contribution in [2.75, 3.05) is 11.9 Å². The fourth-order valence-corrected chi connectivity index (χ4v) is 3.62. The van der Waals surface area contributed by atoms with Crippen molar-refractivity contribution in [3.8, 4) is 17.0 Å². The van der Waals surface area contributed by atoms with Crippen molar-refractivity contribution in [3.63, 3.8) is 0 Å². The smallest absolute Gasteiger partial charge is 0.119 e. The monoisotopic (exact) mass is 448 g/mol. The maximum Gasteiger partial charge on any atom is 0.119 e. The lowest BCUT2D eigenvalue weighted by atomic mass is 10.1. The van der Waals surface area contributed by atoms with E-state index in [1.807, 2.05) is 80.0 Å². The molecule has 4 rings (SSSR count). The molecule has 0 bridgehead atoms. The summed E-state index contributed by atoms with van der Waals surface area (Å²) >= 11 is 0. The van der Waals surface area contributed by atoms with Gasteiger partial charge in [-0.1, -0.05) is 49.6 Å². The van der Waals surface area contributed by atoms with E-state index in [0.29, 0.717) is 13.0 Å². The Morgan fingerprint density at radius 3 is 2.62 bits per heavy atom. The van der Waals surface area contributed by atoms with Gasteiger partial charge in [0.2, 0.25) is 0 Å². The van der Waals surface area contributed by atoms with Crippen LogP contribution >= 0.6 is 0 Å². The lowest BCUT2D eigenvalue weighted by Gasteiger charge is -2.11. The van der Waals surface area contributed by atoms with Crippen LogP contribution in [-0.2, 0) is 6.42 Å². The zero-order chi connectivity index (χ0) is 23.8. The predicted octanol–water partition coefficient (Wildman–Crippen LogP) is 4.86. The summed E-state index contributed by atoms with van der Waals surface area (Å²) in [5, 5.41) is 5.42. The van der Waals surface area contributed by atoms with Gasteiger partial charge in [-0.15, -0.1) is 0 Å². The summed E-state index contributed by atoms with van der Waals surface area (Å²) in [5.41, 5.74) is 4.82. The number of aromatic nitrogens is 3. The number of pyridine rings is 1. The summed E-state index contributed by atoms with van der Waals surface area (Å²) in [6.45, 7) is 10.7. The molecule has 0 atom stereocenters. The van der Waals surface area contributed by atoms with Gasteiger partial charge in [0.15, 0.2) is 0 Å². The van der Waals surface area contributed by atoms with Crippen LogP contribution in [0.4, 0.5) is 5.69 Å². The van der Waals surface area contributed by atoms with Crippen molar-refractivity contribution in [2.24, 2.45) is 0 Å². The summed E-state index contributed by atoms with van der Waals surface area (Å²) in [4.78, 5) is 11.9. The Bertz CT molecular complexity index is 1390. The van der Waals surface area contributed by atoms with Gasteiger partial charge in [-0.2, -0.15) is 0 Å². The average Bonchev–Trinajstić information content (AvgIpc) is 3.32. The number of benzene rings is 2. The second kappa shape index (κ2) is 11.0. The van der Waals surface area contributed by atoms with Crippen molar-refractivity contribution in [3.05, 3.63) is 120 Å². The van der Waals surface area contributed by atoms with Crippen molar-refractivity contribution >= 4 is 17.8 Å². The topological polar surface area (TPSA) is 62.8 Å². The predicted molar refractivity (Wildman–Crippen MR) is 140 cm³/mol. The highest BCUT2D eigenvalue weighted by molar-refractivity contribution is 5.59. The van der Waals surface area contributed by atoms with E-state index in [4.69, 9.17) is 4.74 Å². The molecule has 0 aliphatic rings. The maximum absolute atomic E-state index is 6.04. The van der Waals surface area contributed by atoms with Crippen LogP contribution in [0, 0.1) is 0 Å². The average molecular weight is 449 g/mol. The zero-order valence-electron chi connectivity index (χ0n) is 19.3. The van der Waals surface area contributed by atoms with Crippen molar-refractivity contribution in [1.82, 2.24) is 15.0 Å². The molecule has 34 heavy (non-hydrogen) atoms. The minimum atomic E-state index is 0.466. The Hall–Kier alpha value is -4.38. The van der Waals surface area contributed by atoms with E-state index in [9.17, 15) is 0 Å². The molecule has 0 fully saturated rings. The van der Waals surface area contributed by atoms with E-state index in [-0.39, 0.29) is 0 Å². The zero-order valence-corrected chi connectivity index (χ0v) is 19.3. The third-order valence-corrected chi connectivity index (χ3v) is 5.28. The molecule has 0 aliphatic heterocycles. The molecular formula is C29H28N4O. The quantitative estimate of drug-likeness (QED) is 0.384. The highest BCUT2D eigenvalue weighted by Gasteiger charge is 2.06. The maximum atomic E-state index is 6.04. The first-order valence-electron chi connectivity index (χ1n) is 11.1. The minimum absolute atomic E-state index is 0.466. The van der Waals surface area contributed by atoms with E-state index >= 15 is 0 Å². The number of imidazole rings is 1. The molecule has 4 aromatic rings. The number of H-pyrrole nitrogens is 1. The number of nitrogens with one attached hydrogen (secondary N) is 2. The third-order valence-electron chi connectivity index (χ3n) is 5.28. The lowest BCUT2D eigenvalue weighted by molar-refractivity contribution is 0.370. The molecular weight excluding hydrogens is 420 g/mol. The number of rotatable bonds is 9. The van der Waals surface area contributed by atoms with Gasteiger partial charge in [-0.3, -0.25) is 4.98 Å². The van der Waals surface area contributed by atoms with Crippen LogP contribution in [0.15, 0.2) is 104 Å². The highest BCUT2D eigenvalue weighted by Crippen LogP contribution is 2.20. The van der Waals surface area contributed by atoms with Gasteiger partial charge < -0.3 is 15.0 Å². The van der Waals surface area contributed by atoms with E-state index in [1.54, 1.807) is 6.20 Å². The molecule has 0 spiro atoms. The highest BCUT2D eigenvalue weighted by atomic mass is 16.5. The Morgan fingerprint density at radius 2 is 1.88 bits per heavy atom. The first kappa shape index (κ1) is 22.8. The molecule has 5 heteroatoms. The standard InChI is InChI=1S/C29H28N4O/c1-4-8-24(27-11-6-5-9-21(27)2)20-34-26-14-12-25(13-15-26)32-22(3)17-29-31-19-28(33-29)23-10-7-16-30-18-23/h4-16,18-19,32H,2-3,17,20H2,1H3,(H,31,33)/b8-4-,27-24+. The first-order valence-corrected chi connectivity index (χ1v) is 11.1. The molecule has 0 saturated carbocycles. The van der Waals surface area contributed by atoms with E-state index in [0.717, 1.165) is 50.2 Å². The van der Waals surface area contributed by atoms with Crippen molar-refractivity contribution in [1.29, 1.82) is 0 Å². The molecule has 0 aliphatic carbocycles. The molecule has 2 N–H and O–H groups in total. The van der Waals surface area contributed by atoms with Crippen LogP contribution in [0.1, 0.15) is 12.7 Å². The number of hydrogen-bond donors (Lipinski definition) is 2. The third kappa shape index (κ3) is 5.90. The Labute approximate surface area is 199 Å². The summed E-state index contributed by atoms with van der Waals surface area (Å²) < 4.78 is 6.04. The Kier molecular flexibility index (Phi) is 7.35. The number of anilines is 1. The number of aromatic amines is 1. The van der Waals surface area contributed by atoms with Crippen LogP contribution in [0.2, 0.25) is 0 Å². The van der Waals surface area contributed by atoms with Gasteiger partial charge in [0.1, 0.15) is 18.2 Å². The van der Waals surface area contributed by atoms with Gasteiger partial charge >= 0.3 is 0 Å². The van der Waals surface area contributed by atoms with Gasteiger partial charge in [0, 0.05) is 35.8 Å². The molecule has 0 amide bonds. The molecule has 170 valence electrons. The first-order chi connectivity index (χ1) is 16.6. The van der Waals surface area contributed by atoms with Crippen LogP contribution < -0.4 is 20.5 Å². The summed E-state index contributed by atoms with van der Waals surface area (Å²) in [6.07, 6.45) is 10.1. The largest absolute Gasteiger partial charge is 0.489 e. The fraction of sp³-hybridized carbons (Fsp3) is 0.103. The summed E-state index contributed by atoms with van der Waals surface area (Å²) in [5.74, 6) is 1.64. The molecule has 0 saturated heterocycles. The van der Waals surface area contributed by atoms with Crippen LogP contribution in [0.3, 0.4) is 0 Å². The number of hydrogen-bond acceptors (Lipinski definition) is 4. The number of ether oxygens (including phenoxy) is 1. The molecule has 2 aromatic heterocycles. The van der Waals surface area contributed by atoms with E-state index < -0.39 is 0 Å². The van der Waals surface area contributed by atoms with Gasteiger partial charge in [0.25, 0.3) is 0 Å². The minimum Gasteiger partial charge on any atom is -0.489 e. The fourth-order valence-electron chi connectivity index (χ4n) is 3.62. The number of allylic oxidation sites excluding steroid dienone is 2. The van der Waals surface area contributed by atoms with Gasteiger partial charge in [-0.25, -0.2) is 4.98 Å². The van der Waals surface area contributed by atoms with Gasteiger partial charge in [-0.05, 0) is 59.3 Å². The second-order valence-electron chi connectivity index (χ2n) is 7.89. The van der Waals surface area contributed by atoms with Crippen molar-refractivity contribution in [2.45, 2.75) is 13.3 Å². The van der Waals surface area contributed by atoms with Gasteiger partial charge in [0.05, 0.1) is 11.9 Å². The Morgan fingerprint density at radius 1 is 1.06 bits per heavy atom. The van der Waals surface area contributed by atoms with Crippen LogP contribution in [0.25, 0.3) is 23.4 Å². The summed E-state index contributed by atoms with van der Waals surface area (Å²) in [6, 6.07) is 19.9. The second-order valence-corrected chi connectivity index (χ2v) is 7.89. The lowest BCUT2D eigenvalue weighted by Crippen LogP contribution is -2.26. The van der Waals surface area contributed by atoms with Crippen LogP contribution in [0.5, 0.6) is 5.75 Å². The van der Waals surface area contributed by atoms with E-state index in [1.165, 1.54) is 0 Å². The van der Waals surface area contributed by atoms with Crippen molar-refractivity contribution < 1.29 is 4.74 Å². The summed E-state index contributed by atoms with van der Waals surface area (Å²) in [7, 11) is 0. The molecule has 2 aromatic carbocycles. The molecule has 0 unspecified atom stereocenters. The Balaban J connectivity index is 1.35. The van der Waals surface area contributed by atoms with E-state index in [2.05, 4.69) is 45.6 Å². The molecule has 2 heterocycles. The molecule has 5 nitrogen and oxygen atoms in total. The number of nitrogens with zero attached hydrogens (tertiary/aromatic N) is 2. The van der Waals surface area contributed by atoms with Crippen LogP contribution in [-0.4, -0.2) is 21.6 Å². The normalized spacial score (nSPS) is 11.9. The molecule has 0 radical (unpaired) electrons. The SMILES string of the molecule is C=C(Cc1ncc(-c2cccnc2)[nH]1)Nc1ccc(OCC(/C=C\C)=c2\ccccc2=C)cc1.